The fourth-order valence-electron chi connectivity index (χ4n) is 3.16. The van der Waals surface area contributed by atoms with E-state index in [4.69, 9.17) is 0 Å². The number of aryl methyl sites for hydroxylation is 1. The molecule has 1 aromatic carbocycles. The molecular weight excluding hydrogens is 378 g/mol. The zero-order valence-corrected chi connectivity index (χ0v) is 16.3. The molecule has 3 aromatic heterocycles. The average Bonchev–Trinajstić information content (AvgIpc) is 3.30. The van der Waals surface area contributed by atoms with Crippen molar-refractivity contribution in [3.05, 3.63) is 69.3 Å². The lowest BCUT2D eigenvalue weighted by atomic mass is 10.2. The summed E-state index contributed by atoms with van der Waals surface area (Å²) in [6.07, 6.45) is 1.69. The van der Waals surface area contributed by atoms with Crippen LogP contribution in [-0.4, -0.2) is 30.4 Å². The van der Waals surface area contributed by atoms with Gasteiger partial charge in [-0.2, -0.15) is 0 Å². The number of para-hydroxylation sites is 1. The van der Waals surface area contributed by atoms with Crippen LogP contribution in [-0.2, 0) is 11.8 Å². The number of benzene rings is 1. The number of nitrogens with zero attached hydrogens (tertiary/aromatic N) is 4. The Kier molecular flexibility index (Phi) is 4.23. The van der Waals surface area contributed by atoms with Crippen LogP contribution in [0.1, 0.15) is 21.9 Å². The highest BCUT2D eigenvalue weighted by atomic mass is 32.1. The highest BCUT2D eigenvalue weighted by molar-refractivity contribution is 7.15. The van der Waals surface area contributed by atoms with Crippen LogP contribution >= 0.6 is 11.3 Å². The second-order valence-corrected chi connectivity index (χ2v) is 7.19. The van der Waals surface area contributed by atoms with Crippen LogP contribution in [0.4, 0.5) is 5.69 Å². The van der Waals surface area contributed by atoms with Gasteiger partial charge in [0.15, 0.2) is 4.96 Å². The summed E-state index contributed by atoms with van der Waals surface area (Å²) in [5.41, 5.74) is 1.55. The lowest BCUT2D eigenvalue weighted by Crippen LogP contribution is -2.28. The molecular formula is C19H17N5O3S. The summed E-state index contributed by atoms with van der Waals surface area (Å²) in [7, 11) is 1.72. The number of anilines is 1. The normalized spacial score (nSPS) is 11.1. The monoisotopic (exact) mass is 395 g/mol. The number of fused-ring (bicyclic) bond motifs is 1. The highest BCUT2D eigenvalue weighted by Gasteiger charge is 2.26. The molecule has 0 atom stereocenters. The number of nitrogens with one attached hydrogen (secondary N) is 1. The van der Waals surface area contributed by atoms with E-state index in [2.05, 4.69) is 10.3 Å². The third kappa shape index (κ3) is 2.67. The van der Waals surface area contributed by atoms with Crippen molar-refractivity contribution in [2.24, 2.45) is 7.05 Å². The van der Waals surface area contributed by atoms with E-state index < -0.39 is 17.2 Å². The minimum absolute atomic E-state index is 0.0773. The first-order valence-corrected chi connectivity index (χ1v) is 9.40. The molecule has 4 rings (SSSR count). The van der Waals surface area contributed by atoms with E-state index in [0.717, 1.165) is 0 Å². The zero-order valence-electron chi connectivity index (χ0n) is 15.5. The number of imidazole rings is 1. The van der Waals surface area contributed by atoms with Crippen molar-refractivity contribution in [1.29, 1.82) is 0 Å². The topological polar surface area (TPSA) is 90.4 Å². The molecule has 28 heavy (non-hydrogen) atoms. The predicted molar refractivity (Wildman–Crippen MR) is 107 cm³/mol. The Bertz CT molecular complexity index is 1280. The van der Waals surface area contributed by atoms with E-state index in [0.29, 0.717) is 22.0 Å². The molecule has 1 N–H and O–H groups in total. The van der Waals surface area contributed by atoms with Crippen molar-refractivity contribution in [2.75, 3.05) is 5.32 Å². The van der Waals surface area contributed by atoms with Gasteiger partial charge in [0.25, 0.3) is 17.2 Å². The summed E-state index contributed by atoms with van der Waals surface area (Å²) < 4.78 is 4.66. The molecule has 3 heterocycles. The summed E-state index contributed by atoms with van der Waals surface area (Å²) in [5.74, 6) is -1.61. The molecule has 4 aromatic rings. The Balaban J connectivity index is 1.71. The number of carbonyl (C=O) groups excluding carboxylic acids is 2. The number of amides is 1. The smallest absolute Gasteiger partial charge is 0.298 e. The zero-order chi connectivity index (χ0) is 20.0. The highest BCUT2D eigenvalue weighted by Crippen LogP contribution is 2.19. The van der Waals surface area contributed by atoms with Gasteiger partial charge in [0.1, 0.15) is 11.4 Å². The molecule has 0 aliphatic rings. The molecule has 0 fully saturated rings. The first-order chi connectivity index (χ1) is 13.4. The van der Waals surface area contributed by atoms with Crippen molar-refractivity contribution in [3.8, 4) is 5.69 Å². The lowest BCUT2D eigenvalue weighted by molar-refractivity contribution is -0.112. The maximum atomic E-state index is 12.9. The van der Waals surface area contributed by atoms with Crippen LogP contribution in [0.15, 0.2) is 46.7 Å². The SMILES string of the molecule is Cc1nc2sccn2c1C(=O)C(=O)Nc1c(C)n(C)n(-c2ccccc2)c1=O. The van der Waals surface area contributed by atoms with Crippen molar-refractivity contribution in [1.82, 2.24) is 18.7 Å². The Labute approximate surface area is 163 Å². The number of thiazole rings is 1. The van der Waals surface area contributed by atoms with Gasteiger partial charge in [-0.05, 0) is 26.0 Å². The summed E-state index contributed by atoms with van der Waals surface area (Å²) in [4.78, 5) is 43.2. The van der Waals surface area contributed by atoms with E-state index in [-0.39, 0.29) is 11.4 Å². The first kappa shape index (κ1) is 17.9. The van der Waals surface area contributed by atoms with Gasteiger partial charge < -0.3 is 5.32 Å². The molecule has 0 radical (unpaired) electrons. The van der Waals surface area contributed by atoms with E-state index in [1.54, 1.807) is 53.7 Å². The minimum Gasteiger partial charge on any atom is -0.313 e. The second-order valence-electron chi connectivity index (χ2n) is 6.32. The van der Waals surface area contributed by atoms with Crippen LogP contribution in [0.2, 0.25) is 0 Å². The molecule has 0 spiro atoms. The molecule has 0 saturated carbocycles. The third-order valence-corrected chi connectivity index (χ3v) is 5.41. The maximum Gasteiger partial charge on any atom is 0.298 e. The molecule has 142 valence electrons. The maximum absolute atomic E-state index is 12.9. The number of aromatic nitrogens is 4. The van der Waals surface area contributed by atoms with Gasteiger partial charge in [0, 0.05) is 18.6 Å². The fourth-order valence-corrected chi connectivity index (χ4v) is 3.92. The van der Waals surface area contributed by atoms with Gasteiger partial charge in [0.05, 0.1) is 17.1 Å². The number of rotatable bonds is 4. The van der Waals surface area contributed by atoms with E-state index in [9.17, 15) is 14.4 Å². The van der Waals surface area contributed by atoms with Crippen molar-refractivity contribution < 1.29 is 9.59 Å². The van der Waals surface area contributed by atoms with Crippen LogP contribution in [0.25, 0.3) is 10.6 Å². The van der Waals surface area contributed by atoms with Gasteiger partial charge in [-0.1, -0.05) is 18.2 Å². The molecule has 0 bridgehead atoms. The number of carbonyl (C=O) groups is 2. The lowest BCUT2D eigenvalue weighted by Gasteiger charge is -2.07. The standard InChI is InChI=1S/C19H17N5O3S/c1-11-15(23-9-10-28-19(23)20-11)16(25)17(26)21-14-12(2)22(3)24(18(14)27)13-7-5-4-6-8-13/h4-10H,1-3H3,(H,21,26). The van der Waals surface area contributed by atoms with Crippen LogP contribution in [0.5, 0.6) is 0 Å². The Hall–Kier alpha value is -3.46. The van der Waals surface area contributed by atoms with E-state index in [1.807, 2.05) is 18.2 Å². The molecule has 0 aliphatic heterocycles. The Morgan fingerprint density at radius 2 is 1.86 bits per heavy atom. The quantitative estimate of drug-likeness (QED) is 0.424. The largest absolute Gasteiger partial charge is 0.313 e. The minimum atomic E-state index is -0.873. The first-order valence-electron chi connectivity index (χ1n) is 8.52. The Morgan fingerprint density at radius 3 is 2.57 bits per heavy atom. The molecule has 0 aliphatic carbocycles. The summed E-state index contributed by atoms with van der Waals surface area (Å²) in [5, 5.41) is 4.29. The van der Waals surface area contributed by atoms with Crippen LogP contribution in [0.3, 0.4) is 0 Å². The molecule has 8 nitrogen and oxygen atoms in total. The molecule has 0 saturated heterocycles. The number of Topliss-reactive ketones (excluding diaryl/α,β-unsaturated/α-hetero) is 1. The predicted octanol–water partition coefficient (Wildman–Crippen LogP) is 2.32. The second kappa shape index (κ2) is 6.61. The Morgan fingerprint density at radius 1 is 1.14 bits per heavy atom. The molecule has 1 amide bonds. The summed E-state index contributed by atoms with van der Waals surface area (Å²) >= 11 is 1.37. The number of hydrogen-bond donors (Lipinski definition) is 1. The van der Waals surface area contributed by atoms with Crippen molar-refractivity contribution >= 4 is 33.7 Å². The van der Waals surface area contributed by atoms with Gasteiger partial charge in [-0.3, -0.25) is 23.5 Å². The van der Waals surface area contributed by atoms with Crippen LogP contribution in [0, 0.1) is 13.8 Å². The molecule has 0 unspecified atom stereocenters. The van der Waals surface area contributed by atoms with Crippen molar-refractivity contribution in [3.63, 3.8) is 0 Å². The van der Waals surface area contributed by atoms with E-state index in [1.165, 1.54) is 16.0 Å². The summed E-state index contributed by atoms with van der Waals surface area (Å²) in [6.45, 7) is 3.39. The van der Waals surface area contributed by atoms with Gasteiger partial charge in [-0.25, -0.2) is 9.67 Å². The third-order valence-electron chi connectivity index (χ3n) is 4.65. The summed E-state index contributed by atoms with van der Waals surface area (Å²) in [6, 6.07) is 9.08. The van der Waals surface area contributed by atoms with Gasteiger partial charge in [0.2, 0.25) is 0 Å². The fraction of sp³-hybridized carbons (Fsp3) is 0.158. The van der Waals surface area contributed by atoms with Crippen molar-refractivity contribution in [2.45, 2.75) is 13.8 Å². The average molecular weight is 395 g/mol. The number of hydrogen-bond acceptors (Lipinski definition) is 5. The number of ketones is 1. The van der Waals surface area contributed by atoms with Gasteiger partial charge >= 0.3 is 0 Å². The van der Waals surface area contributed by atoms with Gasteiger partial charge in [-0.15, -0.1) is 11.3 Å². The molecule has 9 heteroatoms. The van der Waals surface area contributed by atoms with Crippen LogP contribution < -0.4 is 10.9 Å². The van der Waals surface area contributed by atoms with E-state index >= 15 is 0 Å².